The van der Waals surface area contributed by atoms with Gasteiger partial charge in [0, 0.05) is 13.5 Å². The first-order valence-corrected chi connectivity index (χ1v) is 9.28. The average molecular weight is 393 g/mol. The summed E-state index contributed by atoms with van der Waals surface area (Å²) in [6, 6.07) is 18.2. The summed E-state index contributed by atoms with van der Waals surface area (Å²) in [5, 5.41) is 10.1. The normalized spacial score (nSPS) is 12.4. The molecule has 3 rings (SSSR count). The van der Waals surface area contributed by atoms with Gasteiger partial charge in [0.25, 0.3) is 0 Å². The molecule has 2 aromatic carbocycles. The highest BCUT2D eigenvalue weighted by atomic mass is 16.6. The van der Waals surface area contributed by atoms with Crippen LogP contribution in [0.25, 0.3) is 0 Å². The monoisotopic (exact) mass is 393 g/mol. The highest BCUT2D eigenvalue weighted by Gasteiger charge is 2.49. The fourth-order valence-corrected chi connectivity index (χ4v) is 3.32. The van der Waals surface area contributed by atoms with Crippen LogP contribution in [0.5, 0.6) is 6.01 Å². The molecule has 0 spiro atoms. The van der Waals surface area contributed by atoms with E-state index in [0.29, 0.717) is 29.2 Å². The van der Waals surface area contributed by atoms with E-state index in [-0.39, 0.29) is 6.01 Å². The van der Waals surface area contributed by atoms with Gasteiger partial charge in [0.2, 0.25) is 6.10 Å². The molecule has 1 atom stereocenters. The predicted octanol–water partition coefficient (Wildman–Crippen LogP) is 3.16. The molecule has 0 saturated carbocycles. The van der Waals surface area contributed by atoms with E-state index in [1.807, 2.05) is 67.6 Å². The highest BCUT2D eigenvalue weighted by molar-refractivity contribution is 5.76. The number of aryl methyl sites for hydroxylation is 2. The van der Waals surface area contributed by atoms with Crippen LogP contribution in [0.15, 0.2) is 60.7 Å². The number of ether oxygens (including phenoxy) is 2. The van der Waals surface area contributed by atoms with Crippen molar-refractivity contribution in [3.05, 3.63) is 83.4 Å². The number of nitrogens with zero attached hydrogens (tertiary/aromatic N) is 3. The van der Waals surface area contributed by atoms with Crippen molar-refractivity contribution in [2.24, 2.45) is 0 Å². The number of aliphatic carboxylic acids is 1. The van der Waals surface area contributed by atoms with Gasteiger partial charge in [-0.1, -0.05) is 67.6 Å². The number of benzene rings is 2. The summed E-state index contributed by atoms with van der Waals surface area (Å²) >= 11 is 0. The Morgan fingerprint density at radius 2 is 1.55 bits per heavy atom. The Balaban J connectivity index is 2.18. The smallest absolute Gasteiger partial charge is 0.348 e. The Kier molecular flexibility index (Phi) is 6.19. The zero-order valence-electron chi connectivity index (χ0n) is 16.6. The van der Waals surface area contributed by atoms with Crippen molar-refractivity contribution in [1.82, 2.24) is 15.0 Å². The minimum absolute atomic E-state index is 0.0463. The molecule has 3 aromatic rings. The maximum atomic E-state index is 12.4. The molecule has 0 aliphatic rings. The second-order valence-corrected chi connectivity index (χ2v) is 6.44. The van der Waals surface area contributed by atoms with E-state index in [0.717, 1.165) is 0 Å². The summed E-state index contributed by atoms with van der Waals surface area (Å²) in [4.78, 5) is 25.1. The van der Waals surface area contributed by atoms with Crippen molar-refractivity contribution in [1.29, 1.82) is 0 Å². The summed E-state index contributed by atoms with van der Waals surface area (Å²) < 4.78 is 11.8. The number of aromatic nitrogens is 3. The Morgan fingerprint density at radius 1 is 1.00 bits per heavy atom. The van der Waals surface area contributed by atoms with Gasteiger partial charge in [0.15, 0.2) is 5.60 Å². The zero-order chi connectivity index (χ0) is 20.9. The number of carboxylic acid groups (broad SMARTS) is 1. The molecule has 0 radical (unpaired) electrons. The summed E-state index contributed by atoms with van der Waals surface area (Å²) in [6.45, 7) is 3.61. The lowest BCUT2D eigenvalue weighted by atomic mass is 9.81. The van der Waals surface area contributed by atoms with Gasteiger partial charge in [-0.15, -0.1) is 0 Å². The molecule has 7 nitrogen and oxygen atoms in total. The predicted molar refractivity (Wildman–Crippen MR) is 107 cm³/mol. The molecular formula is C22H23N3O4. The Bertz CT molecular complexity index is 925. The standard InChI is InChI=1S/C22H23N3O4/c1-4-18-23-15(2)24-21(25-18)29-19(20(26)27)22(28-3,16-11-7-5-8-12-16)17-13-9-6-10-14-17/h5-14,19H,4H2,1-3H3,(H,26,27). The molecule has 7 heteroatoms. The van der Waals surface area contributed by atoms with Crippen LogP contribution in [0, 0.1) is 6.92 Å². The number of hydrogen-bond acceptors (Lipinski definition) is 6. The van der Waals surface area contributed by atoms with Gasteiger partial charge in [0.05, 0.1) is 0 Å². The van der Waals surface area contributed by atoms with Gasteiger partial charge in [-0.3, -0.25) is 0 Å². The molecule has 0 aliphatic carbocycles. The van der Waals surface area contributed by atoms with Crippen LogP contribution in [0.1, 0.15) is 29.7 Å². The second kappa shape index (κ2) is 8.79. The molecule has 150 valence electrons. The van der Waals surface area contributed by atoms with Gasteiger partial charge >= 0.3 is 12.0 Å². The van der Waals surface area contributed by atoms with Crippen molar-refractivity contribution < 1.29 is 19.4 Å². The van der Waals surface area contributed by atoms with E-state index in [4.69, 9.17) is 9.47 Å². The highest BCUT2D eigenvalue weighted by Crippen LogP contribution is 2.38. The zero-order valence-corrected chi connectivity index (χ0v) is 16.6. The van der Waals surface area contributed by atoms with Crippen molar-refractivity contribution in [2.75, 3.05) is 7.11 Å². The van der Waals surface area contributed by atoms with Gasteiger partial charge in [-0.25, -0.2) is 9.78 Å². The second-order valence-electron chi connectivity index (χ2n) is 6.44. The van der Waals surface area contributed by atoms with E-state index in [9.17, 15) is 9.90 Å². The molecular weight excluding hydrogens is 370 g/mol. The fraction of sp³-hybridized carbons (Fsp3) is 0.273. The van der Waals surface area contributed by atoms with Crippen molar-refractivity contribution in [3.8, 4) is 6.01 Å². The molecule has 0 aliphatic heterocycles. The van der Waals surface area contributed by atoms with Crippen LogP contribution < -0.4 is 4.74 Å². The Morgan fingerprint density at radius 3 is 2.00 bits per heavy atom. The minimum atomic E-state index is -1.44. The number of methoxy groups -OCH3 is 1. The van der Waals surface area contributed by atoms with Gasteiger partial charge in [0.1, 0.15) is 11.6 Å². The van der Waals surface area contributed by atoms with Gasteiger partial charge in [-0.05, 0) is 18.1 Å². The minimum Gasteiger partial charge on any atom is -0.478 e. The van der Waals surface area contributed by atoms with Gasteiger partial charge < -0.3 is 14.6 Å². The fourth-order valence-electron chi connectivity index (χ4n) is 3.32. The topological polar surface area (TPSA) is 94.4 Å². The lowest BCUT2D eigenvalue weighted by molar-refractivity contribution is -0.160. The number of hydrogen-bond donors (Lipinski definition) is 1. The average Bonchev–Trinajstić information content (AvgIpc) is 2.75. The summed E-state index contributed by atoms with van der Waals surface area (Å²) in [6.07, 6.45) is -0.867. The molecule has 29 heavy (non-hydrogen) atoms. The first-order chi connectivity index (χ1) is 14.0. The SMILES string of the molecule is CCc1nc(C)nc(OC(C(=O)O)C(OC)(c2ccccc2)c2ccccc2)n1. The summed E-state index contributed by atoms with van der Waals surface area (Å²) in [5.41, 5.74) is -0.133. The third-order valence-corrected chi connectivity index (χ3v) is 4.63. The van der Waals surface area contributed by atoms with E-state index >= 15 is 0 Å². The summed E-state index contributed by atoms with van der Waals surface area (Å²) in [7, 11) is 1.47. The number of carboxylic acids is 1. The third-order valence-electron chi connectivity index (χ3n) is 4.63. The first-order valence-electron chi connectivity index (χ1n) is 9.28. The molecule has 1 aromatic heterocycles. The molecule has 0 amide bonds. The largest absolute Gasteiger partial charge is 0.478 e. The van der Waals surface area contributed by atoms with Crippen LogP contribution in [-0.4, -0.2) is 39.2 Å². The lowest BCUT2D eigenvalue weighted by Gasteiger charge is -2.37. The van der Waals surface area contributed by atoms with Crippen molar-refractivity contribution in [3.63, 3.8) is 0 Å². The Labute approximate surface area is 169 Å². The van der Waals surface area contributed by atoms with Crippen LogP contribution in [0.3, 0.4) is 0 Å². The maximum absolute atomic E-state index is 12.4. The van der Waals surface area contributed by atoms with Gasteiger partial charge in [-0.2, -0.15) is 9.97 Å². The molecule has 1 heterocycles. The van der Waals surface area contributed by atoms with E-state index in [1.54, 1.807) is 6.92 Å². The third kappa shape index (κ3) is 4.09. The maximum Gasteiger partial charge on any atom is 0.348 e. The van der Waals surface area contributed by atoms with Crippen LogP contribution in [0.4, 0.5) is 0 Å². The Hall–Kier alpha value is -3.32. The quantitative estimate of drug-likeness (QED) is 0.628. The van der Waals surface area contributed by atoms with Crippen LogP contribution in [0.2, 0.25) is 0 Å². The van der Waals surface area contributed by atoms with Crippen LogP contribution in [-0.2, 0) is 21.6 Å². The van der Waals surface area contributed by atoms with E-state index in [1.165, 1.54) is 7.11 Å². The molecule has 0 fully saturated rings. The molecule has 1 unspecified atom stereocenters. The van der Waals surface area contributed by atoms with Crippen molar-refractivity contribution >= 4 is 5.97 Å². The van der Waals surface area contributed by atoms with Crippen LogP contribution >= 0.6 is 0 Å². The molecule has 0 bridgehead atoms. The molecule has 1 N–H and O–H groups in total. The van der Waals surface area contributed by atoms with E-state index < -0.39 is 17.7 Å². The molecule has 0 saturated heterocycles. The summed E-state index contributed by atoms with van der Waals surface area (Å²) in [5.74, 6) is -0.215. The number of rotatable bonds is 8. The lowest BCUT2D eigenvalue weighted by Crippen LogP contribution is -2.50. The van der Waals surface area contributed by atoms with E-state index in [2.05, 4.69) is 15.0 Å². The first kappa shape index (κ1) is 20.4. The van der Waals surface area contributed by atoms with Crippen molar-refractivity contribution in [2.45, 2.75) is 32.0 Å². The number of carbonyl (C=O) groups is 1.